The number of amides is 2. The minimum atomic E-state index is -0.583. The summed E-state index contributed by atoms with van der Waals surface area (Å²) in [5, 5.41) is 11.9. The first-order valence-electron chi connectivity index (χ1n) is 10.2. The molecule has 1 saturated heterocycles. The molecule has 1 aliphatic rings. The number of likely N-dealkylation sites (tertiary alicyclic amines) is 1. The van der Waals surface area contributed by atoms with Gasteiger partial charge in [-0.1, -0.05) is 6.07 Å². The number of hydrogen-bond acceptors (Lipinski definition) is 5. The van der Waals surface area contributed by atoms with Gasteiger partial charge < -0.3 is 24.8 Å². The summed E-state index contributed by atoms with van der Waals surface area (Å²) >= 11 is 0. The van der Waals surface area contributed by atoms with Crippen LogP contribution in [0.15, 0.2) is 18.2 Å². The molecule has 0 bridgehead atoms. The van der Waals surface area contributed by atoms with Crippen LogP contribution in [-0.4, -0.2) is 60.8 Å². The van der Waals surface area contributed by atoms with Gasteiger partial charge in [0.2, 0.25) is 0 Å². The lowest BCUT2D eigenvalue weighted by atomic mass is 9.99. The summed E-state index contributed by atoms with van der Waals surface area (Å²) in [5.74, 6) is 0.303. The molecule has 1 heterocycles. The SMILES string of the molecule is CCOc1ccc(CCNC(=O)C(=O)N2CCCCC2CCO)cc1OCC. The van der Waals surface area contributed by atoms with E-state index in [9.17, 15) is 14.7 Å². The van der Waals surface area contributed by atoms with Crippen molar-refractivity contribution in [3.05, 3.63) is 23.8 Å². The summed E-state index contributed by atoms with van der Waals surface area (Å²) in [6.07, 6.45) is 3.87. The number of aliphatic hydroxyl groups is 1. The van der Waals surface area contributed by atoms with E-state index >= 15 is 0 Å². The lowest BCUT2D eigenvalue weighted by molar-refractivity contribution is -0.148. The normalized spacial score (nSPS) is 16.5. The third-order valence-electron chi connectivity index (χ3n) is 4.85. The fourth-order valence-corrected chi connectivity index (χ4v) is 3.49. The Bertz CT molecular complexity index is 648. The number of carbonyl (C=O) groups excluding carboxylic acids is 2. The van der Waals surface area contributed by atoms with Crippen molar-refractivity contribution >= 4 is 11.8 Å². The van der Waals surface area contributed by atoms with E-state index in [1.807, 2.05) is 32.0 Å². The van der Waals surface area contributed by atoms with Crippen molar-refractivity contribution in [2.75, 3.05) is 32.9 Å². The molecule has 0 aliphatic carbocycles. The lowest BCUT2D eigenvalue weighted by Crippen LogP contribution is -2.50. The van der Waals surface area contributed by atoms with E-state index in [0.717, 1.165) is 24.8 Å². The zero-order valence-electron chi connectivity index (χ0n) is 16.9. The van der Waals surface area contributed by atoms with Crippen molar-refractivity contribution in [2.45, 2.75) is 52.0 Å². The number of nitrogens with zero attached hydrogens (tertiary/aromatic N) is 1. The van der Waals surface area contributed by atoms with Gasteiger partial charge in [0.15, 0.2) is 11.5 Å². The third kappa shape index (κ3) is 6.12. The van der Waals surface area contributed by atoms with Crippen LogP contribution in [0.2, 0.25) is 0 Å². The molecule has 1 aliphatic heterocycles. The van der Waals surface area contributed by atoms with E-state index in [0.29, 0.717) is 50.6 Å². The molecule has 1 fully saturated rings. The number of rotatable bonds is 9. The summed E-state index contributed by atoms with van der Waals surface area (Å²) in [6, 6.07) is 5.66. The van der Waals surface area contributed by atoms with Crippen LogP contribution in [0.4, 0.5) is 0 Å². The highest BCUT2D eigenvalue weighted by Gasteiger charge is 2.30. The van der Waals surface area contributed by atoms with E-state index in [2.05, 4.69) is 5.32 Å². The molecule has 156 valence electrons. The average Bonchev–Trinajstić information content (AvgIpc) is 2.70. The molecule has 0 radical (unpaired) electrons. The van der Waals surface area contributed by atoms with Crippen LogP contribution in [0.5, 0.6) is 11.5 Å². The molecule has 2 rings (SSSR count). The van der Waals surface area contributed by atoms with E-state index in [-0.39, 0.29) is 12.6 Å². The first-order chi connectivity index (χ1) is 13.6. The van der Waals surface area contributed by atoms with Gasteiger partial charge in [0.05, 0.1) is 13.2 Å². The minimum absolute atomic E-state index is 0.0238. The molecule has 7 nitrogen and oxygen atoms in total. The van der Waals surface area contributed by atoms with Crippen LogP contribution in [-0.2, 0) is 16.0 Å². The first-order valence-corrected chi connectivity index (χ1v) is 10.2. The van der Waals surface area contributed by atoms with Crippen molar-refractivity contribution in [1.82, 2.24) is 10.2 Å². The zero-order valence-corrected chi connectivity index (χ0v) is 16.9. The number of piperidine rings is 1. The Hall–Kier alpha value is -2.28. The highest BCUT2D eigenvalue weighted by Crippen LogP contribution is 2.28. The van der Waals surface area contributed by atoms with E-state index in [1.165, 1.54) is 0 Å². The third-order valence-corrected chi connectivity index (χ3v) is 4.85. The molecule has 1 unspecified atom stereocenters. The second-order valence-electron chi connectivity index (χ2n) is 6.81. The lowest BCUT2D eigenvalue weighted by Gasteiger charge is -2.35. The molecule has 1 atom stereocenters. The standard InChI is InChI=1S/C21H32N2O5/c1-3-27-18-9-8-16(15-19(18)28-4-2)10-12-22-20(25)21(26)23-13-6-5-7-17(23)11-14-24/h8-9,15,17,24H,3-7,10-14H2,1-2H3,(H,22,25). The molecule has 0 saturated carbocycles. The van der Waals surface area contributed by atoms with Gasteiger partial charge in [0, 0.05) is 25.7 Å². The molecule has 7 heteroatoms. The molecular formula is C21H32N2O5. The molecule has 28 heavy (non-hydrogen) atoms. The molecule has 2 amide bonds. The fraction of sp³-hybridized carbons (Fsp3) is 0.619. The minimum Gasteiger partial charge on any atom is -0.490 e. The average molecular weight is 392 g/mol. The van der Waals surface area contributed by atoms with Crippen LogP contribution >= 0.6 is 0 Å². The Morgan fingerprint density at radius 1 is 1.18 bits per heavy atom. The second kappa shape index (κ2) is 11.5. The van der Waals surface area contributed by atoms with Gasteiger partial charge in [0.25, 0.3) is 0 Å². The number of benzene rings is 1. The van der Waals surface area contributed by atoms with Gasteiger partial charge in [-0.15, -0.1) is 0 Å². The van der Waals surface area contributed by atoms with Crippen molar-refractivity contribution in [1.29, 1.82) is 0 Å². The van der Waals surface area contributed by atoms with Gasteiger partial charge in [-0.3, -0.25) is 9.59 Å². The van der Waals surface area contributed by atoms with Gasteiger partial charge in [0.1, 0.15) is 0 Å². The maximum atomic E-state index is 12.5. The van der Waals surface area contributed by atoms with Crippen LogP contribution < -0.4 is 14.8 Å². The number of hydrogen-bond donors (Lipinski definition) is 2. The van der Waals surface area contributed by atoms with E-state index in [4.69, 9.17) is 9.47 Å². The van der Waals surface area contributed by atoms with Gasteiger partial charge in [-0.2, -0.15) is 0 Å². The van der Waals surface area contributed by atoms with Gasteiger partial charge >= 0.3 is 11.8 Å². The maximum Gasteiger partial charge on any atom is 0.312 e. The summed E-state index contributed by atoms with van der Waals surface area (Å²) in [4.78, 5) is 26.4. The topological polar surface area (TPSA) is 88.1 Å². The monoisotopic (exact) mass is 392 g/mol. The number of carbonyl (C=O) groups is 2. The summed E-state index contributed by atoms with van der Waals surface area (Å²) in [6.45, 7) is 5.90. The summed E-state index contributed by atoms with van der Waals surface area (Å²) < 4.78 is 11.2. The summed E-state index contributed by atoms with van der Waals surface area (Å²) in [7, 11) is 0. The smallest absolute Gasteiger partial charge is 0.312 e. The van der Waals surface area contributed by atoms with E-state index in [1.54, 1.807) is 4.90 Å². The Morgan fingerprint density at radius 2 is 1.93 bits per heavy atom. The largest absolute Gasteiger partial charge is 0.490 e. The quantitative estimate of drug-likeness (QED) is 0.627. The number of ether oxygens (including phenoxy) is 2. The number of aliphatic hydroxyl groups excluding tert-OH is 1. The first kappa shape index (κ1) is 22.0. The predicted molar refractivity (Wildman–Crippen MR) is 107 cm³/mol. The Kier molecular flexibility index (Phi) is 9.07. The highest BCUT2D eigenvalue weighted by molar-refractivity contribution is 6.35. The molecular weight excluding hydrogens is 360 g/mol. The molecule has 0 spiro atoms. The zero-order chi connectivity index (χ0) is 20.4. The Balaban J connectivity index is 1.88. The predicted octanol–water partition coefficient (Wildman–Crippen LogP) is 1.91. The molecule has 1 aromatic carbocycles. The van der Waals surface area contributed by atoms with Crippen molar-refractivity contribution < 1.29 is 24.2 Å². The van der Waals surface area contributed by atoms with Crippen LogP contribution in [0, 0.1) is 0 Å². The van der Waals surface area contributed by atoms with Crippen molar-refractivity contribution in [3.63, 3.8) is 0 Å². The highest BCUT2D eigenvalue weighted by atomic mass is 16.5. The van der Waals surface area contributed by atoms with E-state index < -0.39 is 11.8 Å². The fourth-order valence-electron chi connectivity index (χ4n) is 3.49. The van der Waals surface area contributed by atoms with Gasteiger partial charge in [-0.05, 0) is 63.6 Å². The van der Waals surface area contributed by atoms with Crippen LogP contribution in [0.3, 0.4) is 0 Å². The second-order valence-corrected chi connectivity index (χ2v) is 6.81. The molecule has 2 N–H and O–H groups in total. The van der Waals surface area contributed by atoms with Crippen LogP contribution in [0.25, 0.3) is 0 Å². The van der Waals surface area contributed by atoms with Crippen molar-refractivity contribution in [3.8, 4) is 11.5 Å². The van der Waals surface area contributed by atoms with Crippen molar-refractivity contribution in [2.24, 2.45) is 0 Å². The maximum absolute atomic E-state index is 12.5. The molecule has 1 aromatic rings. The van der Waals surface area contributed by atoms with Crippen LogP contribution in [0.1, 0.15) is 45.1 Å². The summed E-state index contributed by atoms with van der Waals surface area (Å²) in [5.41, 5.74) is 0.996. The number of nitrogens with one attached hydrogen (secondary N) is 1. The Morgan fingerprint density at radius 3 is 2.64 bits per heavy atom. The van der Waals surface area contributed by atoms with Gasteiger partial charge in [-0.25, -0.2) is 0 Å². The molecule has 0 aromatic heterocycles. The Labute approximate surface area is 167 Å².